The monoisotopic (exact) mass is 598 g/mol. The number of benzene rings is 3. The highest BCUT2D eigenvalue weighted by molar-refractivity contribution is 6.31. The van der Waals surface area contributed by atoms with Gasteiger partial charge in [0.05, 0.1) is 34.3 Å². The van der Waals surface area contributed by atoms with Crippen LogP contribution in [0.5, 0.6) is 0 Å². The van der Waals surface area contributed by atoms with Crippen molar-refractivity contribution in [3.63, 3.8) is 0 Å². The van der Waals surface area contributed by atoms with E-state index in [1.54, 1.807) is 72.8 Å². The van der Waals surface area contributed by atoms with E-state index in [-0.39, 0.29) is 35.0 Å². The predicted molar refractivity (Wildman–Crippen MR) is 161 cm³/mol. The highest BCUT2D eigenvalue weighted by Gasteiger charge is 2.47. The summed E-state index contributed by atoms with van der Waals surface area (Å²) in [6.45, 7) is 1.51. The van der Waals surface area contributed by atoms with Crippen molar-refractivity contribution in [2.45, 2.75) is 25.9 Å². The molecular weight excluding hydrogens is 575 g/mol. The molecule has 0 radical (unpaired) electrons. The van der Waals surface area contributed by atoms with Crippen LogP contribution in [0.25, 0.3) is 22.2 Å². The standard InChI is InChI=1S/C33H24Cl2N2O5/c1-18(30(38)20-6-10-21(34)11-7-20)42-33(41)27-17-29(36-28-15-12-22(35)16-26(27)28)19-8-13-23(14-9-19)37-31(39)24-4-2-3-5-25(24)32(37)40/h2-3,6-18,24-25H,4-5H2,1H3. The van der Waals surface area contributed by atoms with E-state index in [9.17, 15) is 19.2 Å². The zero-order valence-electron chi connectivity index (χ0n) is 22.4. The van der Waals surface area contributed by atoms with Crippen LogP contribution < -0.4 is 4.90 Å². The number of halogens is 2. The van der Waals surface area contributed by atoms with Crippen molar-refractivity contribution in [2.24, 2.45) is 11.8 Å². The topological polar surface area (TPSA) is 93.6 Å². The molecule has 9 heteroatoms. The van der Waals surface area contributed by atoms with Crippen LogP contribution >= 0.6 is 23.2 Å². The molecule has 0 N–H and O–H groups in total. The maximum Gasteiger partial charge on any atom is 0.339 e. The number of fused-ring (bicyclic) bond motifs is 2. The number of esters is 1. The first-order valence-electron chi connectivity index (χ1n) is 13.5. The Morgan fingerprint density at radius 2 is 1.48 bits per heavy atom. The second-order valence-corrected chi connectivity index (χ2v) is 11.2. The number of rotatable bonds is 6. The molecule has 0 saturated carbocycles. The third-order valence-electron chi connectivity index (χ3n) is 7.70. The summed E-state index contributed by atoms with van der Waals surface area (Å²) in [5.41, 5.74) is 2.69. The largest absolute Gasteiger partial charge is 0.451 e. The molecule has 6 rings (SSSR count). The maximum atomic E-state index is 13.4. The van der Waals surface area contributed by atoms with Crippen LogP contribution in [0.3, 0.4) is 0 Å². The summed E-state index contributed by atoms with van der Waals surface area (Å²) in [5.74, 6) is -2.08. The zero-order chi connectivity index (χ0) is 29.5. The van der Waals surface area contributed by atoms with E-state index in [2.05, 4.69) is 0 Å². The molecule has 3 aromatic carbocycles. The van der Waals surface area contributed by atoms with Gasteiger partial charge in [-0.3, -0.25) is 19.3 Å². The third kappa shape index (κ3) is 5.10. The molecule has 0 spiro atoms. The maximum absolute atomic E-state index is 13.4. The lowest BCUT2D eigenvalue weighted by Gasteiger charge is -2.16. The second-order valence-electron chi connectivity index (χ2n) is 10.3. The van der Waals surface area contributed by atoms with Crippen LogP contribution in [0, 0.1) is 11.8 Å². The summed E-state index contributed by atoms with van der Waals surface area (Å²) in [7, 11) is 0. The van der Waals surface area contributed by atoms with Gasteiger partial charge in [-0.25, -0.2) is 9.78 Å². The first kappa shape index (κ1) is 27.8. The summed E-state index contributed by atoms with van der Waals surface area (Å²) in [6, 6.07) is 19.8. The molecule has 1 aliphatic carbocycles. The van der Waals surface area contributed by atoms with Gasteiger partial charge in [0, 0.05) is 26.6 Å². The number of carbonyl (C=O) groups is 4. The molecule has 3 unspecified atom stereocenters. The van der Waals surface area contributed by atoms with Crippen molar-refractivity contribution < 1.29 is 23.9 Å². The Morgan fingerprint density at radius 3 is 2.12 bits per heavy atom. The van der Waals surface area contributed by atoms with E-state index in [1.807, 2.05) is 12.2 Å². The molecule has 42 heavy (non-hydrogen) atoms. The van der Waals surface area contributed by atoms with Crippen molar-refractivity contribution >= 4 is 63.4 Å². The number of hydrogen-bond donors (Lipinski definition) is 0. The fraction of sp³-hybridized carbons (Fsp3) is 0.182. The number of ketones is 1. The van der Waals surface area contributed by atoms with Crippen LogP contribution in [0.15, 0.2) is 84.9 Å². The van der Waals surface area contributed by atoms with Gasteiger partial charge in [-0.05, 0) is 80.4 Å². The summed E-state index contributed by atoms with van der Waals surface area (Å²) >= 11 is 12.2. The Kier molecular flexibility index (Phi) is 7.39. The summed E-state index contributed by atoms with van der Waals surface area (Å²) in [4.78, 5) is 58.3. The quantitative estimate of drug-likeness (QED) is 0.102. The molecule has 210 valence electrons. The Hall–Kier alpha value is -4.33. The average molecular weight is 599 g/mol. The molecule has 4 aromatic rings. The molecule has 1 saturated heterocycles. The number of Topliss-reactive ketones (excluding diaryl/α,β-unsaturated/α-hetero) is 1. The van der Waals surface area contributed by atoms with E-state index in [0.29, 0.717) is 56.3 Å². The minimum Gasteiger partial charge on any atom is -0.451 e. The number of nitrogens with zero attached hydrogens (tertiary/aromatic N) is 2. The first-order chi connectivity index (χ1) is 20.2. The van der Waals surface area contributed by atoms with Crippen LogP contribution in [0.1, 0.15) is 40.5 Å². The summed E-state index contributed by atoms with van der Waals surface area (Å²) < 4.78 is 5.60. The number of anilines is 1. The number of amides is 2. The third-order valence-corrected chi connectivity index (χ3v) is 8.19. The smallest absolute Gasteiger partial charge is 0.339 e. The number of ether oxygens (including phenoxy) is 1. The fourth-order valence-corrected chi connectivity index (χ4v) is 5.78. The SMILES string of the molecule is CC(OC(=O)c1cc(-c2ccc(N3C(=O)C4CC=CCC4C3=O)cc2)nc2ccc(Cl)cc12)C(=O)c1ccc(Cl)cc1. The minimum atomic E-state index is -1.06. The van der Waals surface area contributed by atoms with Crippen LogP contribution in [0.4, 0.5) is 5.69 Å². The van der Waals surface area contributed by atoms with Gasteiger partial charge < -0.3 is 4.74 Å². The van der Waals surface area contributed by atoms with Gasteiger partial charge >= 0.3 is 5.97 Å². The lowest BCUT2D eigenvalue weighted by atomic mass is 9.85. The Morgan fingerprint density at radius 1 is 0.857 bits per heavy atom. The molecule has 2 heterocycles. The predicted octanol–water partition coefficient (Wildman–Crippen LogP) is 7.09. The molecule has 1 aromatic heterocycles. The summed E-state index contributed by atoms with van der Waals surface area (Å²) in [5, 5.41) is 1.38. The number of allylic oxidation sites excluding steroid dienone is 2. The Balaban J connectivity index is 1.30. The average Bonchev–Trinajstić information content (AvgIpc) is 3.26. The first-order valence-corrected chi connectivity index (χ1v) is 14.2. The van der Waals surface area contributed by atoms with Crippen molar-refractivity contribution in [1.82, 2.24) is 4.98 Å². The lowest BCUT2D eigenvalue weighted by Crippen LogP contribution is -2.30. The second kappa shape index (κ2) is 11.2. The molecule has 1 fully saturated rings. The van der Waals surface area contributed by atoms with Crippen molar-refractivity contribution in [3.05, 3.63) is 106 Å². The van der Waals surface area contributed by atoms with Crippen LogP contribution in [-0.4, -0.2) is 34.7 Å². The fourth-order valence-electron chi connectivity index (χ4n) is 5.48. The summed E-state index contributed by atoms with van der Waals surface area (Å²) in [6.07, 6.45) is 3.98. The molecule has 3 atom stereocenters. The van der Waals surface area contributed by atoms with Gasteiger partial charge in [-0.2, -0.15) is 0 Å². The van der Waals surface area contributed by atoms with Gasteiger partial charge in [-0.15, -0.1) is 0 Å². The van der Waals surface area contributed by atoms with Gasteiger partial charge in [0.2, 0.25) is 17.6 Å². The van der Waals surface area contributed by atoms with Crippen molar-refractivity contribution in [3.8, 4) is 11.3 Å². The zero-order valence-corrected chi connectivity index (χ0v) is 23.9. The van der Waals surface area contributed by atoms with E-state index in [4.69, 9.17) is 32.9 Å². The van der Waals surface area contributed by atoms with E-state index < -0.39 is 12.1 Å². The lowest BCUT2D eigenvalue weighted by molar-refractivity contribution is -0.122. The molecule has 0 bridgehead atoms. The van der Waals surface area contributed by atoms with Crippen LogP contribution in [-0.2, 0) is 14.3 Å². The number of carbonyl (C=O) groups excluding carboxylic acids is 4. The molecule has 1 aliphatic heterocycles. The highest BCUT2D eigenvalue weighted by atomic mass is 35.5. The van der Waals surface area contributed by atoms with Crippen LogP contribution in [0.2, 0.25) is 10.0 Å². The van der Waals surface area contributed by atoms with E-state index >= 15 is 0 Å². The number of imide groups is 1. The van der Waals surface area contributed by atoms with E-state index in [1.165, 1.54) is 11.8 Å². The van der Waals surface area contributed by atoms with Gasteiger partial charge in [0.15, 0.2) is 6.10 Å². The minimum absolute atomic E-state index is 0.185. The number of hydrogen-bond acceptors (Lipinski definition) is 6. The number of pyridine rings is 1. The van der Waals surface area contributed by atoms with Crippen molar-refractivity contribution in [1.29, 1.82) is 0 Å². The number of aromatic nitrogens is 1. The molecule has 2 aliphatic rings. The molecule has 2 amide bonds. The Labute approximate surface area is 251 Å². The van der Waals surface area contributed by atoms with Gasteiger partial charge in [-0.1, -0.05) is 47.5 Å². The van der Waals surface area contributed by atoms with E-state index in [0.717, 1.165) is 0 Å². The molecule has 7 nitrogen and oxygen atoms in total. The van der Waals surface area contributed by atoms with Gasteiger partial charge in [0.25, 0.3) is 0 Å². The Bertz CT molecular complexity index is 1760. The molecular formula is C33H24Cl2N2O5. The highest BCUT2D eigenvalue weighted by Crippen LogP contribution is 2.38. The van der Waals surface area contributed by atoms with Crippen molar-refractivity contribution in [2.75, 3.05) is 4.90 Å². The normalized spacial score (nSPS) is 18.7. The van der Waals surface area contributed by atoms with Gasteiger partial charge in [0.1, 0.15) is 0 Å².